The standard InChI is InChI=1S/C27H31BrN2O6/c1-5-29(6-2)9-10-30-23(18-13-19(28)25(32)21(14-18)35-4)22(26(33)27(30)34)24(31)16-7-8-20-17(12-16)11-15(3)36-20/h7-8,12-15,23,31-32H,5-6,9-11H2,1-4H3/t15-,23-/m1/s1. The lowest BCUT2D eigenvalue weighted by atomic mass is 9.94. The van der Waals surface area contributed by atoms with Gasteiger partial charge in [-0.2, -0.15) is 0 Å². The Morgan fingerprint density at radius 1 is 1.22 bits per heavy atom. The maximum atomic E-state index is 13.4. The number of aliphatic hydroxyl groups excluding tert-OH is 1. The summed E-state index contributed by atoms with van der Waals surface area (Å²) in [6.07, 6.45) is 0.727. The highest BCUT2D eigenvalue weighted by Gasteiger charge is 2.46. The third kappa shape index (κ3) is 4.69. The Morgan fingerprint density at radius 3 is 2.61 bits per heavy atom. The van der Waals surface area contributed by atoms with Gasteiger partial charge in [-0.3, -0.25) is 9.59 Å². The molecule has 8 nitrogen and oxygen atoms in total. The van der Waals surface area contributed by atoms with Crippen molar-refractivity contribution in [1.29, 1.82) is 0 Å². The van der Waals surface area contributed by atoms with Crippen LogP contribution in [0.4, 0.5) is 0 Å². The molecule has 36 heavy (non-hydrogen) atoms. The Bertz CT molecular complexity index is 1220. The van der Waals surface area contributed by atoms with Crippen LogP contribution in [-0.4, -0.2) is 71.1 Å². The summed E-state index contributed by atoms with van der Waals surface area (Å²) in [6, 6.07) is 7.66. The van der Waals surface area contributed by atoms with Gasteiger partial charge in [0, 0.05) is 25.1 Å². The molecule has 2 aliphatic rings. The third-order valence-electron chi connectivity index (χ3n) is 6.85. The fourth-order valence-electron chi connectivity index (χ4n) is 4.88. The highest BCUT2D eigenvalue weighted by molar-refractivity contribution is 9.10. The van der Waals surface area contributed by atoms with Gasteiger partial charge in [0.25, 0.3) is 11.7 Å². The lowest BCUT2D eigenvalue weighted by Gasteiger charge is -2.28. The summed E-state index contributed by atoms with van der Waals surface area (Å²) in [4.78, 5) is 30.3. The SMILES string of the molecule is CCN(CC)CCN1C(=O)C(=O)C(=C(O)c2ccc3c(c2)C[C@@H](C)O3)[C@H]1c1cc(Br)c(O)c(OC)c1. The van der Waals surface area contributed by atoms with Crippen molar-refractivity contribution in [2.24, 2.45) is 0 Å². The third-order valence-corrected chi connectivity index (χ3v) is 7.45. The first-order valence-electron chi connectivity index (χ1n) is 12.1. The molecule has 4 rings (SSSR count). The number of rotatable bonds is 8. The van der Waals surface area contributed by atoms with Crippen molar-refractivity contribution in [3.63, 3.8) is 0 Å². The van der Waals surface area contributed by atoms with Gasteiger partial charge in [0.1, 0.15) is 17.6 Å². The number of nitrogens with zero attached hydrogens (tertiary/aromatic N) is 2. The van der Waals surface area contributed by atoms with Crippen LogP contribution in [0, 0.1) is 0 Å². The number of likely N-dealkylation sites (tertiary alicyclic amines) is 1. The summed E-state index contributed by atoms with van der Waals surface area (Å²) in [7, 11) is 1.43. The Hall–Kier alpha value is -3.04. The number of phenols is 1. The van der Waals surface area contributed by atoms with Gasteiger partial charge in [-0.25, -0.2) is 0 Å². The number of hydrogen-bond acceptors (Lipinski definition) is 7. The molecule has 1 saturated heterocycles. The first kappa shape index (κ1) is 26.0. The number of aromatic hydroxyl groups is 1. The van der Waals surface area contributed by atoms with Crippen molar-refractivity contribution >= 4 is 33.4 Å². The van der Waals surface area contributed by atoms with Crippen molar-refractivity contribution in [3.8, 4) is 17.2 Å². The summed E-state index contributed by atoms with van der Waals surface area (Å²) in [5.74, 6) is -0.802. The molecular weight excluding hydrogens is 528 g/mol. The summed E-state index contributed by atoms with van der Waals surface area (Å²) in [5, 5.41) is 21.8. The fourth-order valence-corrected chi connectivity index (χ4v) is 5.34. The largest absolute Gasteiger partial charge is 0.507 e. The zero-order chi connectivity index (χ0) is 26.1. The van der Waals surface area contributed by atoms with Crippen molar-refractivity contribution in [3.05, 3.63) is 57.1 Å². The summed E-state index contributed by atoms with van der Waals surface area (Å²) < 4.78 is 11.4. The molecule has 1 amide bonds. The Morgan fingerprint density at radius 2 is 1.94 bits per heavy atom. The Balaban J connectivity index is 1.85. The number of amides is 1. The predicted molar refractivity (Wildman–Crippen MR) is 139 cm³/mol. The first-order valence-corrected chi connectivity index (χ1v) is 12.9. The lowest BCUT2D eigenvalue weighted by Crippen LogP contribution is -2.38. The lowest BCUT2D eigenvalue weighted by molar-refractivity contribution is -0.140. The molecule has 0 aliphatic carbocycles. The predicted octanol–water partition coefficient (Wildman–Crippen LogP) is 4.25. The van der Waals surface area contributed by atoms with Crippen molar-refractivity contribution < 1.29 is 29.3 Å². The molecule has 2 aliphatic heterocycles. The molecule has 2 aromatic carbocycles. The molecule has 0 aromatic heterocycles. The average Bonchev–Trinajstić information content (AvgIpc) is 3.36. The Labute approximate surface area is 219 Å². The number of methoxy groups -OCH3 is 1. The van der Waals surface area contributed by atoms with E-state index < -0.39 is 17.7 Å². The number of Topliss-reactive ketones (excluding diaryl/α,β-unsaturated/α-hetero) is 1. The van der Waals surface area contributed by atoms with E-state index in [-0.39, 0.29) is 28.9 Å². The molecule has 0 saturated carbocycles. The number of carbonyl (C=O) groups is 2. The monoisotopic (exact) mass is 558 g/mol. The van der Waals surface area contributed by atoms with Crippen LogP contribution in [0.5, 0.6) is 17.2 Å². The molecule has 2 atom stereocenters. The number of ketones is 1. The topological polar surface area (TPSA) is 99.5 Å². The molecule has 2 heterocycles. The maximum Gasteiger partial charge on any atom is 0.295 e. The minimum absolute atomic E-state index is 0.00565. The van der Waals surface area contributed by atoms with E-state index in [1.54, 1.807) is 24.3 Å². The van der Waals surface area contributed by atoms with Gasteiger partial charge >= 0.3 is 0 Å². The molecule has 0 spiro atoms. The van der Waals surface area contributed by atoms with E-state index in [0.717, 1.165) is 24.4 Å². The van der Waals surface area contributed by atoms with Gasteiger partial charge < -0.3 is 29.5 Å². The molecule has 2 aromatic rings. The average molecular weight is 559 g/mol. The second-order valence-corrected chi connectivity index (χ2v) is 9.88. The number of benzene rings is 2. The van der Waals surface area contributed by atoms with E-state index in [1.807, 2.05) is 26.8 Å². The van der Waals surface area contributed by atoms with Crippen molar-refractivity contribution in [2.75, 3.05) is 33.3 Å². The fraction of sp³-hybridized carbons (Fsp3) is 0.407. The number of halogens is 1. The molecule has 0 bridgehead atoms. The number of ether oxygens (including phenoxy) is 2. The van der Waals surface area contributed by atoms with Gasteiger partial charge in [-0.05, 0) is 77.4 Å². The van der Waals surface area contributed by atoms with Gasteiger partial charge in [-0.1, -0.05) is 13.8 Å². The Kier molecular flexibility index (Phi) is 7.61. The van der Waals surface area contributed by atoms with Crippen LogP contribution in [0.2, 0.25) is 0 Å². The highest BCUT2D eigenvalue weighted by atomic mass is 79.9. The minimum Gasteiger partial charge on any atom is -0.507 e. The van der Waals surface area contributed by atoms with E-state index >= 15 is 0 Å². The van der Waals surface area contributed by atoms with Crippen LogP contribution in [-0.2, 0) is 16.0 Å². The number of phenolic OH excluding ortho intramolecular Hbond substituents is 1. The minimum atomic E-state index is -0.852. The first-order chi connectivity index (χ1) is 17.2. The molecule has 0 unspecified atom stereocenters. The number of likely N-dealkylation sites (N-methyl/N-ethyl adjacent to an activating group) is 1. The zero-order valence-corrected chi connectivity index (χ0v) is 22.5. The number of fused-ring (bicyclic) bond motifs is 1. The molecule has 192 valence electrons. The van der Waals surface area contributed by atoms with Crippen molar-refractivity contribution in [1.82, 2.24) is 9.80 Å². The van der Waals surface area contributed by atoms with E-state index in [4.69, 9.17) is 9.47 Å². The summed E-state index contributed by atoms with van der Waals surface area (Å²) >= 11 is 3.34. The maximum absolute atomic E-state index is 13.4. The number of aliphatic hydroxyl groups is 1. The van der Waals surface area contributed by atoms with Crippen LogP contribution < -0.4 is 9.47 Å². The molecular formula is C27H31BrN2O6. The van der Waals surface area contributed by atoms with Crippen LogP contribution in [0.1, 0.15) is 43.5 Å². The zero-order valence-electron chi connectivity index (χ0n) is 20.9. The molecule has 2 N–H and O–H groups in total. The second kappa shape index (κ2) is 10.5. The second-order valence-electron chi connectivity index (χ2n) is 9.03. The van der Waals surface area contributed by atoms with Gasteiger partial charge in [0.05, 0.1) is 23.2 Å². The van der Waals surface area contributed by atoms with E-state index in [0.29, 0.717) is 35.1 Å². The summed E-state index contributed by atoms with van der Waals surface area (Å²) in [6.45, 7) is 8.52. The smallest absolute Gasteiger partial charge is 0.295 e. The van der Waals surface area contributed by atoms with E-state index in [1.165, 1.54) is 12.0 Å². The molecule has 9 heteroatoms. The van der Waals surface area contributed by atoms with Crippen LogP contribution in [0.15, 0.2) is 40.4 Å². The summed E-state index contributed by atoms with van der Waals surface area (Å²) in [5.41, 5.74) is 1.93. The van der Waals surface area contributed by atoms with Crippen molar-refractivity contribution in [2.45, 2.75) is 39.3 Å². The molecule has 0 radical (unpaired) electrons. The molecule has 1 fully saturated rings. The van der Waals surface area contributed by atoms with E-state index in [9.17, 15) is 19.8 Å². The highest BCUT2D eigenvalue weighted by Crippen LogP contribution is 2.44. The quantitative estimate of drug-likeness (QED) is 0.284. The van der Waals surface area contributed by atoms with Crippen LogP contribution in [0.3, 0.4) is 0 Å². The van der Waals surface area contributed by atoms with Gasteiger partial charge in [0.15, 0.2) is 11.5 Å². The number of carbonyl (C=O) groups excluding carboxylic acids is 2. The van der Waals surface area contributed by atoms with Gasteiger partial charge in [0.2, 0.25) is 0 Å². The van der Waals surface area contributed by atoms with Crippen LogP contribution in [0.25, 0.3) is 5.76 Å². The number of hydrogen-bond donors (Lipinski definition) is 2. The van der Waals surface area contributed by atoms with Crippen LogP contribution >= 0.6 is 15.9 Å². The van der Waals surface area contributed by atoms with Gasteiger partial charge in [-0.15, -0.1) is 0 Å². The van der Waals surface area contributed by atoms with E-state index in [2.05, 4.69) is 20.8 Å². The normalized spacial score (nSPS) is 20.7.